The third kappa shape index (κ3) is 3.67. The Hall–Kier alpha value is -2.14. The fraction of sp³-hybridized carbons (Fsp3) is 0.368. The van der Waals surface area contributed by atoms with Crippen LogP contribution in [0.15, 0.2) is 30.3 Å². The molecule has 1 N–H and O–H groups in total. The number of amides is 1. The number of nitrogens with one attached hydrogen (secondary N) is 1. The largest absolute Gasteiger partial charge is 0.465 e. The number of rotatable bonds is 4. The summed E-state index contributed by atoms with van der Waals surface area (Å²) in [6, 6.07) is 9.59. The first-order valence-corrected chi connectivity index (χ1v) is 9.07. The Morgan fingerprint density at radius 1 is 1.12 bits per heavy atom. The van der Waals surface area contributed by atoms with E-state index in [0.29, 0.717) is 17.0 Å². The lowest BCUT2D eigenvalue weighted by molar-refractivity contribution is -0.115. The molecule has 0 atom stereocenters. The van der Waals surface area contributed by atoms with Crippen LogP contribution in [0, 0.1) is 0 Å². The van der Waals surface area contributed by atoms with Gasteiger partial charge in [0.05, 0.1) is 19.1 Å². The van der Waals surface area contributed by atoms with Crippen LogP contribution in [-0.2, 0) is 28.8 Å². The van der Waals surface area contributed by atoms with Crippen molar-refractivity contribution >= 4 is 28.2 Å². The molecule has 0 saturated heterocycles. The lowest BCUT2D eigenvalue weighted by Gasteiger charge is -2.07. The minimum absolute atomic E-state index is 0.109. The van der Waals surface area contributed by atoms with E-state index in [0.717, 1.165) is 36.8 Å². The van der Waals surface area contributed by atoms with E-state index in [1.165, 1.54) is 29.7 Å². The molecule has 1 heterocycles. The lowest BCUT2D eigenvalue weighted by Crippen LogP contribution is -2.16. The quantitative estimate of drug-likeness (QED) is 0.675. The van der Waals surface area contributed by atoms with Gasteiger partial charge in [0.1, 0.15) is 5.00 Å². The Kier molecular flexibility index (Phi) is 5.30. The topological polar surface area (TPSA) is 55.4 Å². The molecule has 0 radical (unpaired) electrons. The summed E-state index contributed by atoms with van der Waals surface area (Å²) in [6.45, 7) is 0. The monoisotopic (exact) mass is 343 g/mol. The standard InChI is InChI=1S/C19H21NO3S/c1-23-19(22)17-14-10-6-3-7-11-15(14)24-18(17)20-16(21)12-13-8-4-2-5-9-13/h2,4-5,8-9H,3,6-7,10-12H2,1H3,(H,20,21). The number of hydrogen-bond donors (Lipinski definition) is 1. The summed E-state index contributed by atoms with van der Waals surface area (Å²) in [4.78, 5) is 25.8. The zero-order valence-electron chi connectivity index (χ0n) is 13.8. The number of benzene rings is 1. The molecule has 4 nitrogen and oxygen atoms in total. The maximum Gasteiger partial charge on any atom is 0.341 e. The van der Waals surface area contributed by atoms with Crippen LogP contribution in [0.2, 0.25) is 0 Å². The summed E-state index contributed by atoms with van der Waals surface area (Å²) >= 11 is 1.53. The van der Waals surface area contributed by atoms with Gasteiger partial charge in [-0.2, -0.15) is 0 Å². The normalized spacial score (nSPS) is 13.7. The fourth-order valence-corrected chi connectivity index (χ4v) is 4.39. The zero-order valence-corrected chi connectivity index (χ0v) is 14.6. The first-order valence-electron chi connectivity index (χ1n) is 8.25. The maximum absolute atomic E-state index is 12.4. The van der Waals surface area contributed by atoms with Gasteiger partial charge in [0.2, 0.25) is 5.91 Å². The molecule has 0 saturated carbocycles. The smallest absolute Gasteiger partial charge is 0.341 e. The molecular weight excluding hydrogens is 322 g/mol. The third-order valence-corrected chi connectivity index (χ3v) is 5.48. The molecule has 1 aliphatic carbocycles. The van der Waals surface area contributed by atoms with Crippen LogP contribution in [-0.4, -0.2) is 19.0 Å². The summed E-state index contributed by atoms with van der Waals surface area (Å²) in [5.74, 6) is -0.466. The molecule has 5 heteroatoms. The number of carbonyl (C=O) groups excluding carboxylic acids is 2. The second-order valence-electron chi connectivity index (χ2n) is 5.97. The first-order chi connectivity index (χ1) is 11.7. The molecule has 0 bridgehead atoms. The highest BCUT2D eigenvalue weighted by molar-refractivity contribution is 7.17. The molecule has 1 aromatic carbocycles. The SMILES string of the molecule is COC(=O)c1c(NC(=O)Cc2ccccc2)sc2c1CCCCC2. The minimum atomic E-state index is -0.357. The molecule has 0 aliphatic heterocycles. The highest BCUT2D eigenvalue weighted by Crippen LogP contribution is 2.38. The van der Waals surface area contributed by atoms with Gasteiger partial charge < -0.3 is 10.1 Å². The minimum Gasteiger partial charge on any atom is -0.465 e. The van der Waals surface area contributed by atoms with Crippen molar-refractivity contribution < 1.29 is 14.3 Å². The van der Waals surface area contributed by atoms with Gasteiger partial charge in [-0.1, -0.05) is 36.8 Å². The average molecular weight is 343 g/mol. The Balaban J connectivity index is 1.84. The van der Waals surface area contributed by atoms with E-state index in [9.17, 15) is 9.59 Å². The van der Waals surface area contributed by atoms with Crippen molar-refractivity contribution in [3.63, 3.8) is 0 Å². The van der Waals surface area contributed by atoms with Crippen LogP contribution in [0.25, 0.3) is 0 Å². The lowest BCUT2D eigenvalue weighted by atomic mass is 10.1. The van der Waals surface area contributed by atoms with Gasteiger partial charge in [-0.3, -0.25) is 4.79 Å². The average Bonchev–Trinajstić information content (AvgIpc) is 2.76. The van der Waals surface area contributed by atoms with Gasteiger partial charge in [-0.25, -0.2) is 4.79 Å². The molecule has 0 spiro atoms. The zero-order chi connectivity index (χ0) is 16.9. The van der Waals surface area contributed by atoms with Crippen LogP contribution in [0.1, 0.15) is 45.6 Å². The Labute approximate surface area is 145 Å². The summed E-state index contributed by atoms with van der Waals surface area (Å²) in [6.07, 6.45) is 5.53. The van der Waals surface area contributed by atoms with E-state index in [4.69, 9.17) is 4.74 Å². The molecule has 24 heavy (non-hydrogen) atoms. The molecular formula is C19H21NO3S. The maximum atomic E-state index is 12.4. The van der Waals surface area contributed by atoms with E-state index in [-0.39, 0.29) is 11.9 Å². The van der Waals surface area contributed by atoms with Crippen LogP contribution in [0.4, 0.5) is 5.00 Å². The van der Waals surface area contributed by atoms with Gasteiger partial charge in [-0.05, 0) is 36.8 Å². The van der Waals surface area contributed by atoms with Gasteiger partial charge >= 0.3 is 5.97 Å². The molecule has 2 aromatic rings. The second kappa shape index (κ2) is 7.62. The van der Waals surface area contributed by atoms with E-state index in [1.807, 2.05) is 30.3 Å². The number of carbonyl (C=O) groups is 2. The third-order valence-electron chi connectivity index (χ3n) is 4.27. The van der Waals surface area contributed by atoms with Crippen LogP contribution in [0.5, 0.6) is 0 Å². The number of aryl methyl sites for hydroxylation is 1. The van der Waals surface area contributed by atoms with Crippen molar-refractivity contribution in [2.75, 3.05) is 12.4 Å². The molecule has 126 valence electrons. The molecule has 1 aromatic heterocycles. The van der Waals surface area contributed by atoms with Crippen molar-refractivity contribution in [2.24, 2.45) is 0 Å². The number of fused-ring (bicyclic) bond motifs is 1. The number of thiophene rings is 1. The van der Waals surface area contributed by atoms with Crippen LogP contribution >= 0.6 is 11.3 Å². The van der Waals surface area contributed by atoms with Crippen molar-refractivity contribution in [2.45, 2.75) is 38.5 Å². The predicted molar refractivity (Wildman–Crippen MR) is 95.7 cm³/mol. The summed E-state index contributed by atoms with van der Waals surface area (Å²) in [5, 5.41) is 3.56. The first kappa shape index (κ1) is 16.7. The molecule has 3 rings (SSSR count). The highest BCUT2D eigenvalue weighted by Gasteiger charge is 2.26. The summed E-state index contributed by atoms with van der Waals surface area (Å²) < 4.78 is 4.96. The van der Waals surface area contributed by atoms with Crippen LogP contribution in [0.3, 0.4) is 0 Å². The summed E-state index contributed by atoms with van der Waals surface area (Å²) in [5.41, 5.74) is 2.58. The van der Waals surface area contributed by atoms with Gasteiger partial charge in [0.25, 0.3) is 0 Å². The van der Waals surface area contributed by atoms with Gasteiger partial charge in [-0.15, -0.1) is 11.3 Å². The van der Waals surface area contributed by atoms with Crippen molar-refractivity contribution in [1.29, 1.82) is 0 Å². The van der Waals surface area contributed by atoms with Gasteiger partial charge in [0, 0.05) is 4.88 Å². The molecule has 0 fully saturated rings. The van der Waals surface area contributed by atoms with Crippen molar-refractivity contribution in [3.8, 4) is 0 Å². The Bertz CT molecular complexity index is 737. The van der Waals surface area contributed by atoms with Crippen LogP contribution < -0.4 is 5.32 Å². The fourth-order valence-electron chi connectivity index (χ4n) is 3.10. The summed E-state index contributed by atoms with van der Waals surface area (Å²) in [7, 11) is 1.39. The second-order valence-corrected chi connectivity index (χ2v) is 7.08. The number of anilines is 1. The Morgan fingerprint density at radius 2 is 1.88 bits per heavy atom. The molecule has 0 unspecified atom stereocenters. The number of hydrogen-bond acceptors (Lipinski definition) is 4. The molecule has 1 aliphatic rings. The van der Waals surface area contributed by atoms with E-state index < -0.39 is 0 Å². The predicted octanol–water partition coefficient (Wildman–Crippen LogP) is 3.98. The van der Waals surface area contributed by atoms with Crippen molar-refractivity contribution in [1.82, 2.24) is 0 Å². The molecule has 1 amide bonds. The van der Waals surface area contributed by atoms with E-state index >= 15 is 0 Å². The Morgan fingerprint density at radius 3 is 2.62 bits per heavy atom. The van der Waals surface area contributed by atoms with Gasteiger partial charge in [0.15, 0.2) is 0 Å². The van der Waals surface area contributed by atoms with E-state index in [1.54, 1.807) is 0 Å². The number of ether oxygens (including phenoxy) is 1. The highest BCUT2D eigenvalue weighted by atomic mass is 32.1. The number of methoxy groups -OCH3 is 1. The number of esters is 1. The van der Waals surface area contributed by atoms with Crippen molar-refractivity contribution in [3.05, 3.63) is 51.9 Å². The van der Waals surface area contributed by atoms with E-state index in [2.05, 4.69) is 5.32 Å².